The Balaban J connectivity index is 1.77. The first kappa shape index (κ1) is 23.5. The van der Waals surface area contributed by atoms with E-state index < -0.39 is 0 Å². The maximum Gasteiger partial charge on any atom is 0.255 e. The van der Waals surface area contributed by atoms with Crippen LogP contribution in [0.2, 0.25) is 0 Å². The topological polar surface area (TPSA) is 87.9 Å². The van der Waals surface area contributed by atoms with Gasteiger partial charge in [-0.15, -0.1) is 0 Å². The van der Waals surface area contributed by atoms with Crippen molar-refractivity contribution in [3.05, 3.63) is 77.7 Å². The summed E-state index contributed by atoms with van der Waals surface area (Å²) in [5.41, 5.74) is 11.4. The van der Waals surface area contributed by atoms with Crippen LogP contribution in [0.25, 0.3) is 22.0 Å². The van der Waals surface area contributed by atoms with Gasteiger partial charge in [0.05, 0.1) is 11.1 Å². The number of H-pyrrole nitrogens is 1. The van der Waals surface area contributed by atoms with Crippen LogP contribution in [0.4, 0.5) is 5.95 Å². The molecule has 2 heterocycles. The number of hydrogen-bond donors (Lipinski definition) is 2. The predicted octanol–water partition coefficient (Wildman–Crippen LogP) is 5.65. The molecule has 2 aromatic carbocycles. The summed E-state index contributed by atoms with van der Waals surface area (Å²) in [4.78, 5) is 26.5. The molecule has 0 aliphatic rings. The Morgan fingerprint density at radius 3 is 2.38 bits per heavy atom. The van der Waals surface area contributed by atoms with Crippen molar-refractivity contribution >= 4 is 22.8 Å². The first-order valence-electron chi connectivity index (χ1n) is 11.8. The van der Waals surface area contributed by atoms with Gasteiger partial charge >= 0.3 is 0 Å². The summed E-state index contributed by atoms with van der Waals surface area (Å²) in [5, 5.41) is 1.09. The Kier molecular flexibility index (Phi) is 6.42. The lowest BCUT2D eigenvalue weighted by Crippen LogP contribution is -2.30. The van der Waals surface area contributed by atoms with E-state index in [9.17, 15) is 4.79 Å². The lowest BCUT2D eigenvalue weighted by molar-refractivity contribution is 0.0797. The molecular weight excluding hydrogens is 422 g/mol. The normalized spacial score (nSPS) is 13.2. The zero-order chi connectivity index (χ0) is 24.5. The zero-order valence-electron chi connectivity index (χ0n) is 20.6. The number of benzene rings is 2. The highest BCUT2D eigenvalue weighted by Crippen LogP contribution is 2.43. The molecule has 0 radical (unpaired) electrons. The molecular formula is C28H33N5O. The molecule has 2 aromatic heterocycles. The summed E-state index contributed by atoms with van der Waals surface area (Å²) in [5.74, 6) is 0.632. The van der Waals surface area contributed by atoms with Crippen molar-refractivity contribution in [2.75, 3.05) is 19.3 Å². The Bertz CT molecular complexity index is 1290. The number of rotatable bonds is 7. The number of amides is 1. The Morgan fingerprint density at radius 2 is 1.76 bits per heavy atom. The number of aromatic nitrogens is 3. The Labute approximate surface area is 201 Å². The third-order valence-electron chi connectivity index (χ3n) is 7.06. The number of hydrogen-bond acceptors (Lipinski definition) is 4. The summed E-state index contributed by atoms with van der Waals surface area (Å²) in [6.07, 6.45) is 6.49. The quantitative estimate of drug-likeness (QED) is 0.377. The molecule has 6 nitrogen and oxygen atoms in total. The fraction of sp³-hybridized carbons (Fsp3) is 0.321. The third kappa shape index (κ3) is 4.04. The SMILES string of the molecule is CCCN(C)C(=O)c1cccc2c(C(C)(c3ccc(-c4cnc(N)nc4)cc3)C(C)C)c[nH]c12. The van der Waals surface area contributed by atoms with Crippen LogP contribution in [0.3, 0.4) is 0 Å². The number of nitrogens with two attached hydrogens (primary N) is 1. The van der Waals surface area contributed by atoms with Crippen LogP contribution < -0.4 is 5.73 Å². The van der Waals surface area contributed by atoms with Gasteiger partial charge in [-0.05, 0) is 35.1 Å². The van der Waals surface area contributed by atoms with Gasteiger partial charge in [-0.1, -0.05) is 64.1 Å². The molecule has 34 heavy (non-hydrogen) atoms. The van der Waals surface area contributed by atoms with Gasteiger partial charge in [0.2, 0.25) is 5.95 Å². The molecule has 0 spiro atoms. The number of aromatic amines is 1. The number of nitrogen functional groups attached to an aromatic ring is 1. The second-order valence-electron chi connectivity index (χ2n) is 9.42. The molecule has 1 unspecified atom stereocenters. The van der Waals surface area contributed by atoms with Crippen LogP contribution in [0, 0.1) is 5.92 Å². The van der Waals surface area contributed by atoms with Gasteiger partial charge in [0.1, 0.15) is 0 Å². The fourth-order valence-corrected chi connectivity index (χ4v) is 4.70. The fourth-order valence-electron chi connectivity index (χ4n) is 4.70. The minimum atomic E-state index is -0.259. The Morgan fingerprint density at radius 1 is 1.09 bits per heavy atom. The number of anilines is 1. The number of carbonyl (C=O) groups is 1. The highest BCUT2D eigenvalue weighted by molar-refractivity contribution is 6.06. The lowest BCUT2D eigenvalue weighted by Gasteiger charge is -2.35. The van der Waals surface area contributed by atoms with E-state index in [4.69, 9.17) is 5.73 Å². The van der Waals surface area contributed by atoms with Gasteiger partial charge < -0.3 is 15.6 Å². The van der Waals surface area contributed by atoms with Gasteiger partial charge in [0, 0.05) is 48.5 Å². The molecule has 4 aromatic rings. The van der Waals surface area contributed by atoms with Crippen LogP contribution >= 0.6 is 0 Å². The maximum atomic E-state index is 13.1. The number of nitrogens with one attached hydrogen (secondary N) is 1. The molecule has 1 amide bonds. The van der Waals surface area contributed by atoms with Gasteiger partial charge in [0.25, 0.3) is 5.91 Å². The van der Waals surface area contributed by atoms with E-state index in [1.54, 1.807) is 17.3 Å². The first-order chi connectivity index (χ1) is 16.3. The van der Waals surface area contributed by atoms with Crippen molar-refractivity contribution in [2.45, 2.75) is 39.5 Å². The summed E-state index contributed by atoms with van der Waals surface area (Å²) in [7, 11) is 1.86. The van der Waals surface area contributed by atoms with Gasteiger partial charge in [-0.25, -0.2) is 9.97 Å². The molecule has 6 heteroatoms. The van der Waals surface area contributed by atoms with Crippen LogP contribution in [0.1, 0.15) is 55.6 Å². The van der Waals surface area contributed by atoms with E-state index in [1.807, 2.05) is 19.2 Å². The summed E-state index contributed by atoms with van der Waals surface area (Å²) < 4.78 is 0. The zero-order valence-corrected chi connectivity index (χ0v) is 20.6. The lowest BCUT2D eigenvalue weighted by atomic mass is 9.68. The monoisotopic (exact) mass is 455 g/mol. The van der Waals surface area contributed by atoms with Crippen molar-refractivity contribution in [3.63, 3.8) is 0 Å². The second-order valence-corrected chi connectivity index (χ2v) is 9.42. The Hall–Kier alpha value is -3.67. The average molecular weight is 456 g/mol. The van der Waals surface area contributed by atoms with E-state index in [-0.39, 0.29) is 17.3 Å². The summed E-state index contributed by atoms with van der Waals surface area (Å²) in [6.45, 7) is 9.57. The van der Waals surface area contributed by atoms with Crippen molar-refractivity contribution < 1.29 is 4.79 Å². The average Bonchev–Trinajstić information content (AvgIpc) is 3.28. The maximum absolute atomic E-state index is 13.1. The summed E-state index contributed by atoms with van der Waals surface area (Å²) >= 11 is 0. The van der Waals surface area contributed by atoms with E-state index in [0.29, 0.717) is 11.5 Å². The second kappa shape index (κ2) is 9.29. The van der Waals surface area contributed by atoms with Gasteiger partial charge in [-0.2, -0.15) is 0 Å². The molecule has 0 saturated carbocycles. The molecule has 4 rings (SSSR count). The van der Waals surface area contributed by atoms with Crippen molar-refractivity contribution in [1.29, 1.82) is 0 Å². The number of para-hydroxylation sites is 1. The van der Waals surface area contributed by atoms with Crippen molar-refractivity contribution in [2.24, 2.45) is 5.92 Å². The summed E-state index contributed by atoms with van der Waals surface area (Å²) in [6, 6.07) is 14.6. The predicted molar refractivity (Wildman–Crippen MR) is 139 cm³/mol. The third-order valence-corrected chi connectivity index (χ3v) is 7.06. The molecule has 0 aliphatic heterocycles. The van der Waals surface area contributed by atoms with Gasteiger partial charge in [0.15, 0.2) is 0 Å². The molecule has 1 atom stereocenters. The van der Waals surface area contributed by atoms with E-state index in [0.717, 1.165) is 35.0 Å². The molecule has 0 bridgehead atoms. The highest BCUT2D eigenvalue weighted by Gasteiger charge is 2.35. The van der Waals surface area contributed by atoms with E-state index in [1.165, 1.54) is 11.1 Å². The molecule has 3 N–H and O–H groups in total. The van der Waals surface area contributed by atoms with Crippen molar-refractivity contribution in [1.82, 2.24) is 19.9 Å². The minimum absolute atomic E-state index is 0.0437. The first-order valence-corrected chi connectivity index (χ1v) is 11.8. The molecule has 0 fully saturated rings. The highest BCUT2D eigenvalue weighted by atomic mass is 16.2. The molecule has 176 valence electrons. The van der Waals surface area contributed by atoms with Crippen LogP contribution in [-0.4, -0.2) is 39.4 Å². The largest absolute Gasteiger partial charge is 0.368 e. The minimum Gasteiger partial charge on any atom is -0.368 e. The standard InChI is InChI=1S/C28H33N5O/c1-6-14-33(5)26(34)23-9-7-8-22-24(17-30-25(22)23)28(4,18(2)3)21-12-10-19(11-13-21)20-15-31-27(29)32-16-20/h7-13,15-18,30H,6,14H2,1-5H3,(H2,29,31,32). The van der Waals surface area contributed by atoms with Crippen LogP contribution in [0.15, 0.2) is 61.1 Å². The van der Waals surface area contributed by atoms with Crippen LogP contribution in [0.5, 0.6) is 0 Å². The van der Waals surface area contributed by atoms with Crippen LogP contribution in [-0.2, 0) is 5.41 Å². The molecule has 0 aliphatic carbocycles. The van der Waals surface area contributed by atoms with Crippen molar-refractivity contribution in [3.8, 4) is 11.1 Å². The van der Waals surface area contributed by atoms with E-state index in [2.05, 4.69) is 79.2 Å². The molecule has 0 saturated heterocycles. The van der Waals surface area contributed by atoms with Gasteiger partial charge in [-0.3, -0.25) is 4.79 Å². The number of carbonyl (C=O) groups excluding carboxylic acids is 1. The number of fused-ring (bicyclic) bond motifs is 1. The smallest absolute Gasteiger partial charge is 0.255 e. The van der Waals surface area contributed by atoms with E-state index >= 15 is 0 Å². The number of nitrogens with zero attached hydrogens (tertiary/aromatic N) is 3.